The molecule has 4 aromatic heterocycles. The predicted molar refractivity (Wildman–Crippen MR) is 99.4 cm³/mol. The Morgan fingerprint density at radius 2 is 2.20 bits per heavy atom. The number of hydrogen-bond donors (Lipinski definition) is 1. The van der Waals surface area contributed by atoms with Crippen LogP contribution in [0, 0.1) is 0 Å². The molecule has 0 radical (unpaired) electrons. The van der Waals surface area contributed by atoms with Crippen LogP contribution in [0.3, 0.4) is 0 Å². The van der Waals surface area contributed by atoms with Gasteiger partial charge in [0.15, 0.2) is 0 Å². The van der Waals surface area contributed by atoms with Gasteiger partial charge in [-0.15, -0.1) is 11.3 Å². The highest BCUT2D eigenvalue weighted by Gasteiger charge is 2.16. The summed E-state index contributed by atoms with van der Waals surface area (Å²) in [6, 6.07) is 9.71. The van der Waals surface area contributed by atoms with Crippen LogP contribution in [0.2, 0.25) is 0 Å². The molecule has 1 amide bonds. The number of aromatic nitrogens is 4. The van der Waals surface area contributed by atoms with E-state index in [2.05, 4.69) is 15.4 Å². The van der Waals surface area contributed by atoms with E-state index in [1.807, 2.05) is 59.6 Å². The van der Waals surface area contributed by atoms with Gasteiger partial charge in [0, 0.05) is 31.1 Å². The number of carbonyl (C=O) groups excluding carboxylic acids is 1. The number of amides is 1. The Morgan fingerprint density at radius 3 is 2.96 bits per heavy atom. The summed E-state index contributed by atoms with van der Waals surface area (Å²) in [6.45, 7) is 0. The van der Waals surface area contributed by atoms with Gasteiger partial charge in [0.1, 0.15) is 17.2 Å². The molecule has 0 aromatic carbocycles. The molecule has 0 aliphatic rings. The first-order valence-electron chi connectivity index (χ1n) is 7.69. The third-order valence-corrected chi connectivity index (χ3v) is 4.55. The summed E-state index contributed by atoms with van der Waals surface area (Å²) in [4.78, 5) is 18.1. The third-order valence-electron chi connectivity index (χ3n) is 3.68. The van der Waals surface area contributed by atoms with Crippen molar-refractivity contribution in [3.8, 4) is 10.6 Å². The van der Waals surface area contributed by atoms with E-state index in [4.69, 9.17) is 0 Å². The lowest BCUT2D eigenvalue weighted by Crippen LogP contribution is -2.10. The van der Waals surface area contributed by atoms with Crippen molar-refractivity contribution in [1.82, 2.24) is 19.2 Å². The summed E-state index contributed by atoms with van der Waals surface area (Å²) in [6.07, 6.45) is 8.66. The number of nitrogens with zero attached hydrogens (tertiary/aromatic N) is 4. The summed E-state index contributed by atoms with van der Waals surface area (Å²) >= 11 is 1.59. The van der Waals surface area contributed by atoms with Crippen molar-refractivity contribution in [2.75, 3.05) is 5.32 Å². The molecule has 0 saturated carbocycles. The lowest BCUT2D eigenvalue weighted by atomic mass is 10.3. The molecule has 6 nitrogen and oxygen atoms in total. The van der Waals surface area contributed by atoms with Crippen LogP contribution >= 0.6 is 11.3 Å². The van der Waals surface area contributed by atoms with Crippen molar-refractivity contribution in [3.05, 3.63) is 65.9 Å². The van der Waals surface area contributed by atoms with Gasteiger partial charge in [-0.1, -0.05) is 12.1 Å². The minimum absolute atomic E-state index is 0.215. The van der Waals surface area contributed by atoms with Crippen molar-refractivity contribution < 1.29 is 4.79 Å². The standard InChI is InChI=1S/C18H15N5OS/c1-22-12-13(11-19-22)7-8-16(24)21-18-17(14-5-4-10-25-14)20-15-6-2-3-9-23(15)18/h2-12H,1H3,(H,21,24)/b8-7-. The highest BCUT2D eigenvalue weighted by molar-refractivity contribution is 7.13. The molecule has 0 fully saturated rings. The van der Waals surface area contributed by atoms with Crippen LogP contribution in [0.15, 0.2) is 60.4 Å². The number of imidazole rings is 1. The Bertz CT molecular complexity index is 1060. The van der Waals surface area contributed by atoms with Crippen LogP contribution < -0.4 is 5.32 Å². The molecule has 0 unspecified atom stereocenters. The molecular weight excluding hydrogens is 334 g/mol. The molecule has 0 bridgehead atoms. The summed E-state index contributed by atoms with van der Waals surface area (Å²) in [5.41, 5.74) is 2.43. The maximum Gasteiger partial charge on any atom is 0.249 e. The zero-order valence-electron chi connectivity index (χ0n) is 13.5. The topological polar surface area (TPSA) is 64.2 Å². The van der Waals surface area contributed by atoms with Gasteiger partial charge in [0.2, 0.25) is 5.91 Å². The zero-order chi connectivity index (χ0) is 17.2. The second kappa shape index (κ2) is 6.37. The molecule has 124 valence electrons. The number of nitrogens with one attached hydrogen (secondary N) is 1. The molecule has 0 spiro atoms. The molecule has 0 saturated heterocycles. The van der Waals surface area contributed by atoms with Gasteiger partial charge in [-0.05, 0) is 29.7 Å². The van der Waals surface area contributed by atoms with E-state index in [0.29, 0.717) is 5.82 Å². The number of aryl methyl sites for hydroxylation is 1. The third kappa shape index (κ3) is 3.09. The van der Waals surface area contributed by atoms with Crippen molar-refractivity contribution >= 4 is 34.8 Å². The van der Waals surface area contributed by atoms with E-state index < -0.39 is 0 Å². The maximum atomic E-state index is 12.4. The fourth-order valence-corrected chi connectivity index (χ4v) is 3.27. The van der Waals surface area contributed by atoms with Gasteiger partial charge in [-0.3, -0.25) is 13.9 Å². The molecule has 4 heterocycles. The first-order valence-corrected chi connectivity index (χ1v) is 8.57. The van der Waals surface area contributed by atoms with E-state index in [9.17, 15) is 4.79 Å². The first-order chi connectivity index (χ1) is 12.2. The summed E-state index contributed by atoms with van der Waals surface area (Å²) in [5, 5.41) is 9.03. The smallest absolute Gasteiger partial charge is 0.249 e. The fourth-order valence-electron chi connectivity index (χ4n) is 2.56. The number of rotatable bonds is 4. The monoisotopic (exact) mass is 349 g/mol. The van der Waals surface area contributed by atoms with Crippen LogP contribution in [0.25, 0.3) is 22.3 Å². The lowest BCUT2D eigenvalue weighted by Gasteiger charge is -2.04. The average molecular weight is 349 g/mol. The van der Waals surface area contributed by atoms with Gasteiger partial charge < -0.3 is 5.32 Å². The van der Waals surface area contributed by atoms with Crippen LogP contribution in [0.1, 0.15) is 5.56 Å². The van der Waals surface area contributed by atoms with Crippen molar-refractivity contribution in [1.29, 1.82) is 0 Å². The molecule has 0 atom stereocenters. The predicted octanol–water partition coefficient (Wildman–Crippen LogP) is 3.45. The van der Waals surface area contributed by atoms with Crippen LogP contribution in [-0.2, 0) is 11.8 Å². The first kappa shape index (κ1) is 15.3. The second-order valence-electron chi connectivity index (χ2n) is 5.49. The van der Waals surface area contributed by atoms with Crippen LogP contribution in [-0.4, -0.2) is 25.1 Å². The highest BCUT2D eigenvalue weighted by atomic mass is 32.1. The van der Waals surface area contributed by atoms with E-state index in [0.717, 1.165) is 21.8 Å². The SMILES string of the molecule is Cn1cc(/C=C\C(=O)Nc2c(-c3cccs3)nc3ccccn23)cn1. The zero-order valence-corrected chi connectivity index (χ0v) is 14.3. The molecule has 1 N–H and O–H groups in total. The van der Waals surface area contributed by atoms with E-state index in [1.165, 1.54) is 6.08 Å². The van der Waals surface area contributed by atoms with Crippen molar-refractivity contribution in [3.63, 3.8) is 0 Å². The lowest BCUT2D eigenvalue weighted by molar-refractivity contribution is -0.111. The summed E-state index contributed by atoms with van der Waals surface area (Å²) in [5.74, 6) is 0.450. The Kier molecular flexibility index (Phi) is 3.91. The minimum atomic E-state index is -0.215. The summed E-state index contributed by atoms with van der Waals surface area (Å²) in [7, 11) is 1.84. The van der Waals surface area contributed by atoms with Crippen LogP contribution in [0.4, 0.5) is 5.82 Å². The minimum Gasteiger partial charge on any atom is -0.306 e. The number of thiophene rings is 1. The largest absolute Gasteiger partial charge is 0.306 e. The molecule has 7 heteroatoms. The molecule has 0 aliphatic carbocycles. The average Bonchev–Trinajstić information content (AvgIpc) is 3.33. The Hall–Kier alpha value is -3.19. The summed E-state index contributed by atoms with van der Waals surface area (Å²) < 4.78 is 3.57. The Balaban J connectivity index is 1.67. The van der Waals surface area contributed by atoms with Gasteiger partial charge in [-0.2, -0.15) is 5.10 Å². The van der Waals surface area contributed by atoms with Gasteiger partial charge >= 0.3 is 0 Å². The van der Waals surface area contributed by atoms with Crippen molar-refractivity contribution in [2.24, 2.45) is 7.05 Å². The fraction of sp³-hybridized carbons (Fsp3) is 0.0556. The number of carbonyl (C=O) groups is 1. The van der Waals surface area contributed by atoms with E-state index in [1.54, 1.807) is 28.3 Å². The molecule has 4 rings (SSSR count). The molecule has 0 aliphatic heterocycles. The van der Waals surface area contributed by atoms with E-state index in [-0.39, 0.29) is 5.91 Å². The van der Waals surface area contributed by atoms with Crippen LogP contribution in [0.5, 0.6) is 0 Å². The van der Waals surface area contributed by atoms with Gasteiger partial charge in [0.25, 0.3) is 0 Å². The quantitative estimate of drug-likeness (QED) is 0.574. The Labute approximate surface area is 148 Å². The molecular formula is C18H15N5OS. The van der Waals surface area contributed by atoms with Gasteiger partial charge in [0.05, 0.1) is 11.1 Å². The second-order valence-corrected chi connectivity index (χ2v) is 6.43. The van der Waals surface area contributed by atoms with Crippen molar-refractivity contribution in [2.45, 2.75) is 0 Å². The Morgan fingerprint density at radius 1 is 1.28 bits per heavy atom. The number of fused-ring (bicyclic) bond motifs is 1. The highest BCUT2D eigenvalue weighted by Crippen LogP contribution is 2.31. The molecule has 4 aromatic rings. The number of pyridine rings is 1. The number of hydrogen-bond acceptors (Lipinski definition) is 4. The maximum absolute atomic E-state index is 12.4. The van der Waals surface area contributed by atoms with E-state index >= 15 is 0 Å². The van der Waals surface area contributed by atoms with Gasteiger partial charge in [-0.25, -0.2) is 4.98 Å². The number of anilines is 1. The molecule has 25 heavy (non-hydrogen) atoms. The normalized spacial score (nSPS) is 11.4.